The van der Waals surface area contributed by atoms with Gasteiger partial charge in [0.25, 0.3) is 11.6 Å². The molecule has 0 radical (unpaired) electrons. The molecule has 1 amide bonds. The molecule has 1 heterocycles. The van der Waals surface area contributed by atoms with Crippen molar-refractivity contribution in [3.8, 4) is 5.75 Å². The number of esters is 1. The summed E-state index contributed by atoms with van der Waals surface area (Å²) in [4.78, 5) is 34.9. The molecule has 1 saturated heterocycles. The molecule has 11 nitrogen and oxygen atoms in total. The van der Waals surface area contributed by atoms with Crippen molar-refractivity contribution >= 4 is 33.3 Å². The summed E-state index contributed by atoms with van der Waals surface area (Å²) in [5.41, 5.74) is 0.0566. The Bertz CT molecular complexity index is 1200. The molecule has 1 fully saturated rings. The average molecular weight is 506 g/mol. The SMILES string of the molecule is COc1cc([N+](=O)[O-])ccc1NC(=O)COC(=O)c1ccc(S(=O)(=O)N2C[C@@H](C)C[C@H](C)C2)cc1. The number of piperidine rings is 1. The van der Waals surface area contributed by atoms with E-state index in [4.69, 9.17) is 9.47 Å². The number of carbonyl (C=O) groups excluding carboxylic acids is 2. The van der Waals surface area contributed by atoms with Crippen LogP contribution in [0, 0.1) is 22.0 Å². The number of hydrogen-bond donors (Lipinski definition) is 1. The Morgan fingerprint density at radius 2 is 1.74 bits per heavy atom. The predicted octanol–water partition coefficient (Wildman–Crippen LogP) is 3.07. The molecule has 1 N–H and O–H groups in total. The van der Waals surface area contributed by atoms with Crippen LogP contribution in [-0.2, 0) is 19.6 Å². The number of sulfonamides is 1. The number of benzene rings is 2. The maximum atomic E-state index is 13.0. The predicted molar refractivity (Wildman–Crippen MR) is 127 cm³/mol. The molecule has 12 heteroatoms. The van der Waals surface area contributed by atoms with Gasteiger partial charge in [0.2, 0.25) is 10.0 Å². The highest BCUT2D eigenvalue weighted by atomic mass is 32.2. The maximum absolute atomic E-state index is 13.0. The van der Waals surface area contributed by atoms with Gasteiger partial charge in [-0.25, -0.2) is 13.2 Å². The van der Waals surface area contributed by atoms with Gasteiger partial charge < -0.3 is 14.8 Å². The number of carbonyl (C=O) groups is 2. The molecule has 0 aliphatic carbocycles. The molecule has 0 aromatic heterocycles. The highest BCUT2D eigenvalue weighted by Gasteiger charge is 2.31. The van der Waals surface area contributed by atoms with E-state index in [1.165, 1.54) is 47.8 Å². The molecular formula is C23H27N3O8S. The molecule has 1 aliphatic heterocycles. The number of ether oxygens (including phenoxy) is 2. The molecule has 0 unspecified atom stereocenters. The highest BCUT2D eigenvalue weighted by molar-refractivity contribution is 7.89. The van der Waals surface area contributed by atoms with Crippen LogP contribution in [0.25, 0.3) is 0 Å². The zero-order chi connectivity index (χ0) is 25.8. The van der Waals surface area contributed by atoms with Gasteiger partial charge in [0.15, 0.2) is 6.61 Å². The molecule has 2 aromatic rings. The number of anilines is 1. The fourth-order valence-corrected chi connectivity index (χ4v) is 5.69. The quantitative estimate of drug-likeness (QED) is 0.327. The van der Waals surface area contributed by atoms with Crippen molar-refractivity contribution in [1.82, 2.24) is 4.31 Å². The fraction of sp³-hybridized carbons (Fsp3) is 0.391. The highest BCUT2D eigenvalue weighted by Crippen LogP contribution is 2.29. The van der Waals surface area contributed by atoms with Gasteiger partial charge in [0.1, 0.15) is 5.75 Å². The third-order valence-corrected chi connectivity index (χ3v) is 7.41. The number of hydrogen-bond acceptors (Lipinski definition) is 8. The van der Waals surface area contributed by atoms with E-state index in [2.05, 4.69) is 5.32 Å². The van der Waals surface area contributed by atoms with E-state index in [-0.39, 0.29) is 39.4 Å². The minimum absolute atomic E-state index is 0.0770. The van der Waals surface area contributed by atoms with E-state index in [9.17, 15) is 28.1 Å². The summed E-state index contributed by atoms with van der Waals surface area (Å²) >= 11 is 0. The molecule has 35 heavy (non-hydrogen) atoms. The second kappa shape index (κ2) is 10.8. The standard InChI is InChI=1S/C23H27N3O8S/c1-15-10-16(2)13-25(12-15)35(31,32)19-7-4-17(5-8-19)23(28)34-14-22(27)24-20-9-6-18(26(29)30)11-21(20)33-3/h4-9,11,15-16H,10,12-14H2,1-3H3,(H,24,27)/t15-,16-/m0/s1. The number of nitro groups is 1. The van der Waals surface area contributed by atoms with Gasteiger partial charge in [-0.3, -0.25) is 14.9 Å². The summed E-state index contributed by atoms with van der Waals surface area (Å²) in [7, 11) is -2.39. The number of amides is 1. The number of nitrogens with zero attached hydrogens (tertiary/aromatic N) is 2. The van der Waals surface area contributed by atoms with Gasteiger partial charge in [-0.2, -0.15) is 4.31 Å². The fourth-order valence-electron chi connectivity index (χ4n) is 4.01. The molecule has 2 aromatic carbocycles. The van der Waals surface area contributed by atoms with Crippen molar-refractivity contribution in [2.45, 2.75) is 25.2 Å². The second-order valence-corrected chi connectivity index (χ2v) is 10.5. The first-order valence-electron chi connectivity index (χ1n) is 10.9. The number of methoxy groups -OCH3 is 1. The van der Waals surface area contributed by atoms with Crippen LogP contribution in [0.4, 0.5) is 11.4 Å². The Labute approximate surface area is 203 Å². The van der Waals surface area contributed by atoms with Gasteiger partial charge in [-0.1, -0.05) is 13.8 Å². The van der Waals surface area contributed by atoms with Gasteiger partial charge in [-0.05, 0) is 48.6 Å². The summed E-state index contributed by atoms with van der Waals surface area (Å²) in [5, 5.41) is 13.3. The monoisotopic (exact) mass is 505 g/mol. The van der Waals surface area contributed by atoms with Crippen LogP contribution in [0.1, 0.15) is 30.6 Å². The average Bonchev–Trinajstić information content (AvgIpc) is 2.82. The molecule has 1 aliphatic rings. The largest absolute Gasteiger partial charge is 0.494 e. The van der Waals surface area contributed by atoms with Crippen LogP contribution < -0.4 is 10.1 Å². The number of nitro benzene ring substituents is 1. The lowest BCUT2D eigenvalue weighted by Gasteiger charge is -2.34. The Morgan fingerprint density at radius 3 is 2.31 bits per heavy atom. The van der Waals surface area contributed by atoms with Crippen molar-refractivity contribution in [2.75, 3.05) is 32.1 Å². The second-order valence-electron chi connectivity index (χ2n) is 8.56. The smallest absolute Gasteiger partial charge is 0.338 e. The van der Waals surface area contributed by atoms with E-state index < -0.39 is 33.4 Å². The van der Waals surface area contributed by atoms with Gasteiger partial charge in [0, 0.05) is 19.2 Å². The van der Waals surface area contributed by atoms with E-state index in [1.807, 2.05) is 13.8 Å². The number of non-ortho nitro benzene ring substituents is 1. The van der Waals surface area contributed by atoms with Crippen LogP contribution in [0.5, 0.6) is 5.75 Å². The molecule has 0 saturated carbocycles. The number of rotatable bonds is 8. The zero-order valence-corrected chi connectivity index (χ0v) is 20.4. The molecule has 2 atom stereocenters. The zero-order valence-electron chi connectivity index (χ0n) is 19.6. The van der Waals surface area contributed by atoms with Crippen molar-refractivity contribution in [3.05, 3.63) is 58.1 Å². The number of nitrogens with one attached hydrogen (secondary N) is 1. The van der Waals surface area contributed by atoms with Gasteiger partial charge in [0.05, 0.1) is 34.2 Å². The minimum atomic E-state index is -3.68. The van der Waals surface area contributed by atoms with Crippen LogP contribution >= 0.6 is 0 Å². The first kappa shape index (κ1) is 26.1. The van der Waals surface area contributed by atoms with E-state index in [1.54, 1.807) is 0 Å². The maximum Gasteiger partial charge on any atom is 0.338 e. The van der Waals surface area contributed by atoms with Crippen LogP contribution in [-0.4, -0.2) is 56.3 Å². The Hall–Kier alpha value is -3.51. The van der Waals surface area contributed by atoms with Gasteiger partial charge >= 0.3 is 5.97 Å². The van der Waals surface area contributed by atoms with Crippen LogP contribution in [0.15, 0.2) is 47.4 Å². The Morgan fingerprint density at radius 1 is 1.11 bits per heavy atom. The Kier molecular flexibility index (Phi) is 8.07. The van der Waals surface area contributed by atoms with E-state index in [0.29, 0.717) is 13.1 Å². The minimum Gasteiger partial charge on any atom is -0.494 e. The van der Waals surface area contributed by atoms with Crippen LogP contribution in [0.2, 0.25) is 0 Å². The topological polar surface area (TPSA) is 145 Å². The summed E-state index contributed by atoms with van der Waals surface area (Å²) in [6.07, 6.45) is 0.974. The first-order chi connectivity index (χ1) is 16.5. The first-order valence-corrected chi connectivity index (χ1v) is 12.3. The summed E-state index contributed by atoms with van der Waals surface area (Å²) in [5.74, 6) is -0.883. The molecular weight excluding hydrogens is 478 g/mol. The summed E-state index contributed by atoms with van der Waals surface area (Å²) in [6.45, 7) is 4.31. The molecule has 0 bridgehead atoms. The summed E-state index contributed by atoms with van der Waals surface area (Å²) < 4.78 is 37.5. The van der Waals surface area contributed by atoms with E-state index in [0.717, 1.165) is 12.5 Å². The van der Waals surface area contributed by atoms with Crippen LogP contribution in [0.3, 0.4) is 0 Å². The van der Waals surface area contributed by atoms with Crippen molar-refractivity contribution < 1.29 is 32.4 Å². The van der Waals surface area contributed by atoms with Gasteiger partial charge in [-0.15, -0.1) is 0 Å². The van der Waals surface area contributed by atoms with Crippen molar-refractivity contribution in [2.24, 2.45) is 11.8 Å². The van der Waals surface area contributed by atoms with Crippen molar-refractivity contribution in [1.29, 1.82) is 0 Å². The van der Waals surface area contributed by atoms with E-state index >= 15 is 0 Å². The molecule has 3 rings (SSSR count). The third kappa shape index (κ3) is 6.34. The third-order valence-electron chi connectivity index (χ3n) is 5.57. The lowest BCUT2D eigenvalue weighted by Crippen LogP contribution is -2.42. The molecule has 188 valence electrons. The lowest BCUT2D eigenvalue weighted by atomic mass is 9.94. The lowest BCUT2D eigenvalue weighted by molar-refractivity contribution is -0.384. The summed E-state index contributed by atoms with van der Waals surface area (Å²) in [6, 6.07) is 9.02. The molecule has 0 spiro atoms. The Balaban J connectivity index is 1.60. The van der Waals surface area contributed by atoms with Crippen molar-refractivity contribution in [3.63, 3.8) is 0 Å². The normalized spacial score (nSPS) is 18.5.